The van der Waals surface area contributed by atoms with E-state index in [-0.39, 0.29) is 0 Å². The molecular weight excluding hydrogens is 278 g/mol. The second kappa shape index (κ2) is 6.67. The number of hydrogen-bond donors (Lipinski definition) is 1. The predicted octanol–water partition coefficient (Wildman–Crippen LogP) is 3.93. The van der Waals surface area contributed by atoms with E-state index in [0.29, 0.717) is 5.92 Å². The van der Waals surface area contributed by atoms with Crippen molar-refractivity contribution in [2.75, 3.05) is 13.1 Å². The molecule has 3 nitrogen and oxygen atoms in total. The minimum Gasteiger partial charge on any atom is -0.316 e. The lowest BCUT2D eigenvalue weighted by Gasteiger charge is -2.21. The lowest BCUT2D eigenvalue weighted by Crippen LogP contribution is -2.24. The first-order valence-corrected chi connectivity index (χ1v) is 8.72. The van der Waals surface area contributed by atoms with Gasteiger partial charge in [-0.2, -0.15) is 0 Å². The Morgan fingerprint density at radius 1 is 1.43 bits per heavy atom. The third-order valence-corrected chi connectivity index (χ3v) is 5.30. The number of nitrogens with one attached hydrogen (secondary N) is 1. The Kier molecular flexibility index (Phi) is 4.66. The molecule has 3 rings (SSSR count). The molecule has 4 heteroatoms. The molecule has 21 heavy (non-hydrogen) atoms. The quantitative estimate of drug-likeness (QED) is 0.850. The Balaban J connectivity index is 1.86. The zero-order chi connectivity index (χ0) is 14.7. The van der Waals surface area contributed by atoms with Crippen molar-refractivity contribution < 1.29 is 0 Å². The largest absolute Gasteiger partial charge is 0.316 e. The molecule has 2 aromatic heterocycles. The van der Waals surface area contributed by atoms with Gasteiger partial charge in [0.2, 0.25) is 0 Å². The van der Waals surface area contributed by atoms with Crippen molar-refractivity contribution in [2.24, 2.45) is 0 Å². The van der Waals surface area contributed by atoms with Crippen molar-refractivity contribution in [3.05, 3.63) is 34.6 Å². The minimum absolute atomic E-state index is 0.590. The molecule has 0 radical (unpaired) electrons. The first-order valence-electron chi connectivity index (χ1n) is 7.91. The van der Waals surface area contributed by atoms with Crippen LogP contribution in [0, 0.1) is 6.92 Å². The van der Waals surface area contributed by atoms with Gasteiger partial charge in [-0.05, 0) is 50.8 Å². The summed E-state index contributed by atoms with van der Waals surface area (Å²) in [7, 11) is 0. The van der Waals surface area contributed by atoms with Crippen LogP contribution >= 0.6 is 11.3 Å². The Morgan fingerprint density at radius 2 is 2.33 bits per heavy atom. The van der Waals surface area contributed by atoms with E-state index < -0.39 is 0 Å². The summed E-state index contributed by atoms with van der Waals surface area (Å²) in [5.41, 5.74) is 3.80. The molecule has 0 aromatic carbocycles. The average molecular weight is 301 g/mol. The number of aryl methyl sites for hydroxylation is 2. The highest BCUT2D eigenvalue weighted by atomic mass is 32.1. The van der Waals surface area contributed by atoms with Crippen molar-refractivity contribution in [1.29, 1.82) is 0 Å². The van der Waals surface area contributed by atoms with Crippen LogP contribution in [-0.4, -0.2) is 23.1 Å². The monoisotopic (exact) mass is 301 g/mol. The fraction of sp³-hybridized carbons (Fsp3) is 0.529. The number of fused-ring (bicyclic) bond motifs is 1. The molecule has 0 aliphatic heterocycles. The van der Waals surface area contributed by atoms with Gasteiger partial charge in [-0.1, -0.05) is 6.92 Å². The van der Waals surface area contributed by atoms with Crippen LogP contribution in [-0.2, 0) is 6.42 Å². The smallest absolute Gasteiger partial charge is 0.124 e. The fourth-order valence-corrected chi connectivity index (χ4v) is 4.27. The summed E-state index contributed by atoms with van der Waals surface area (Å²) >= 11 is 1.88. The van der Waals surface area contributed by atoms with Gasteiger partial charge >= 0.3 is 0 Å². The highest BCUT2D eigenvalue weighted by Gasteiger charge is 2.25. The van der Waals surface area contributed by atoms with E-state index >= 15 is 0 Å². The summed E-state index contributed by atoms with van der Waals surface area (Å²) in [6, 6.07) is 2.09. The number of pyridine rings is 1. The van der Waals surface area contributed by atoms with Crippen molar-refractivity contribution in [3.63, 3.8) is 0 Å². The van der Waals surface area contributed by atoms with Crippen LogP contribution in [0.15, 0.2) is 18.5 Å². The number of hydrogen-bond acceptors (Lipinski definition) is 4. The first-order chi connectivity index (χ1) is 10.3. The summed E-state index contributed by atoms with van der Waals surface area (Å²) in [6.07, 6.45) is 8.74. The first kappa shape index (κ1) is 14.7. The van der Waals surface area contributed by atoms with E-state index in [1.54, 1.807) is 0 Å². The topological polar surface area (TPSA) is 37.8 Å². The summed E-state index contributed by atoms with van der Waals surface area (Å²) in [5.74, 6) is 0.590. The lowest BCUT2D eigenvalue weighted by atomic mass is 9.91. The van der Waals surface area contributed by atoms with E-state index in [4.69, 9.17) is 4.98 Å². The number of thiazole rings is 1. The third kappa shape index (κ3) is 3.16. The van der Waals surface area contributed by atoms with Gasteiger partial charge in [0.05, 0.1) is 5.69 Å². The molecule has 1 N–H and O–H groups in total. The maximum Gasteiger partial charge on any atom is 0.124 e. The highest BCUT2D eigenvalue weighted by molar-refractivity contribution is 7.15. The van der Waals surface area contributed by atoms with Crippen LogP contribution in [0.25, 0.3) is 10.6 Å². The number of rotatable bonds is 5. The molecule has 0 saturated carbocycles. The van der Waals surface area contributed by atoms with Crippen molar-refractivity contribution in [3.8, 4) is 10.6 Å². The average Bonchev–Trinajstić information content (AvgIpc) is 2.92. The fourth-order valence-electron chi connectivity index (χ4n) is 2.99. The van der Waals surface area contributed by atoms with Crippen molar-refractivity contribution in [2.45, 2.75) is 45.4 Å². The van der Waals surface area contributed by atoms with E-state index in [2.05, 4.69) is 30.2 Å². The van der Waals surface area contributed by atoms with Gasteiger partial charge < -0.3 is 5.32 Å². The van der Waals surface area contributed by atoms with Gasteiger partial charge in [0.1, 0.15) is 5.01 Å². The van der Waals surface area contributed by atoms with Gasteiger partial charge in [-0.15, -0.1) is 11.3 Å². The van der Waals surface area contributed by atoms with Crippen LogP contribution in [0.3, 0.4) is 0 Å². The molecule has 1 aliphatic carbocycles. The molecule has 2 aromatic rings. The SMILES string of the molecule is CCCNCC1CCCc2sc(-c3ccncc3C)nc21. The Labute approximate surface area is 130 Å². The van der Waals surface area contributed by atoms with Crippen LogP contribution in [0.4, 0.5) is 0 Å². The molecule has 1 aliphatic rings. The summed E-state index contributed by atoms with van der Waals surface area (Å²) in [5, 5.41) is 4.73. The highest BCUT2D eigenvalue weighted by Crippen LogP contribution is 2.38. The maximum atomic E-state index is 4.99. The molecule has 0 spiro atoms. The second-order valence-corrected chi connectivity index (χ2v) is 6.89. The Bertz CT molecular complexity index is 606. The van der Waals surface area contributed by atoms with Crippen LogP contribution in [0.5, 0.6) is 0 Å². The molecule has 0 bridgehead atoms. The minimum atomic E-state index is 0.590. The molecule has 1 atom stereocenters. The molecule has 0 amide bonds. The molecule has 112 valence electrons. The second-order valence-electron chi connectivity index (χ2n) is 5.81. The molecule has 0 fully saturated rings. The standard InChI is InChI=1S/C17H23N3S/c1-3-8-18-11-13-5-4-6-15-16(13)20-17(21-15)14-7-9-19-10-12(14)2/h7,9-10,13,18H,3-6,8,11H2,1-2H3. The van der Waals surface area contributed by atoms with Crippen LogP contribution in [0.2, 0.25) is 0 Å². The van der Waals surface area contributed by atoms with E-state index in [9.17, 15) is 0 Å². The Morgan fingerprint density at radius 3 is 3.14 bits per heavy atom. The normalized spacial score (nSPS) is 17.7. The number of nitrogens with zero attached hydrogens (tertiary/aromatic N) is 2. The van der Waals surface area contributed by atoms with Crippen molar-refractivity contribution >= 4 is 11.3 Å². The van der Waals surface area contributed by atoms with E-state index in [0.717, 1.165) is 13.1 Å². The molecule has 0 saturated heterocycles. The van der Waals surface area contributed by atoms with Crippen LogP contribution < -0.4 is 5.32 Å². The Hall–Kier alpha value is -1.26. The van der Waals surface area contributed by atoms with Gasteiger partial charge in [0.25, 0.3) is 0 Å². The van der Waals surface area contributed by atoms with E-state index in [1.807, 2.05) is 23.7 Å². The zero-order valence-corrected chi connectivity index (χ0v) is 13.7. The summed E-state index contributed by atoms with van der Waals surface area (Å²) in [6.45, 7) is 6.50. The number of aromatic nitrogens is 2. The summed E-state index contributed by atoms with van der Waals surface area (Å²) < 4.78 is 0. The van der Waals surface area contributed by atoms with E-state index in [1.165, 1.54) is 52.4 Å². The summed E-state index contributed by atoms with van der Waals surface area (Å²) in [4.78, 5) is 10.7. The van der Waals surface area contributed by atoms with Gasteiger partial charge in [0, 0.05) is 35.3 Å². The molecule has 1 unspecified atom stereocenters. The van der Waals surface area contributed by atoms with Gasteiger partial charge in [-0.3, -0.25) is 4.98 Å². The predicted molar refractivity (Wildman–Crippen MR) is 88.9 cm³/mol. The maximum absolute atomic E-state index is 4.99. The lowest BCUT2D eigenvalue weighted by molar-refractivity contribution is 0.502. The van der Waals surface area contributed by atoms with Crippen LogP contribution in [0.1, 0.15) is 48.2 Å². The molecular formula is C17H23N3S. The third-order valence-electron chi connectivity index (χ3n) is 4.14. The van der Waals surface area contributed by atoms with Crippen molar-refractivity contribution in [1.82, 2.24) is 15.3 Å². The van der Waals surface area contributed by atoms with Gasteiger partial charge in [-0.25, -0.2) is 4.98 Å². The zero-order valence-electron chi connectivity index (χ0n) is 12.9. The molecule has 2 heterocycles. The van der Waals surface area contributed by atoms with Gasteiger partial charge in [0.15, 0.2) is 0 Å².